The fourth-order valence-corrected chi connectivity index (χ4v) is 1.85. The molecule has 1 aromatic rings. The van der Waals surface area contributed by atoms with Crippen molar-refractivity contribution in [2.24, 2.45) is 5.73 Å². The van der Waals surface area contributed by atoms with Crippen LogP contribution in [-0.4, -0.2) is 50.2 Å². The first-order valence-electron chi connectivity index (χ1n) is 6.85. The number of hydrogen-bond acceptors (Lipinski definition) is 4. The van der Waals surface area contributed by atoms with Gasteiger partial charge in [0, 0.05) is 31.8 Å². The van der Waals surface area contributed by atoms with Crippen LogP contribution in [0.2, 0.25) is 0 Å². The number of nitrogens with one attached hydrogen (secondary N) is 1. The lowest BCUT2D eigenvalue weighted by Gasteiger charge is -2.25. The minimum atomic E-state index is 0.0714. The van der Waals surface area contributed by atoms with E-state index in [2.05, 4.69) is 18.7 Å². The Bertz CT molecular complexity index is 404. The summed E-state index contributed by atoms with van der Waals surface area (Å²) in [5.74, 6) is 0.868. The Balaban J connectivity index is 2.40. The van der Waals surface area contributed by atoms with Crippen molar-refractivity contribution in [1.29, 1.82) is 5.41 Å². The first-order valence-corrected chi connectivity index (χ1v) is 6.85. The Hall–Kier alpha value is -1.59. The van der Waals surface area contributed by atoms with Crippen LogP contribution in [0.25, 0.3) is 0 Å². The topological polar surface area (TPSA) is 71.6 Å². The smallest absolute Gasteiger partial charge is 0.122 e. The summed E-state index contributed by atoms with van der Waals surface area (Å²) in [5, 5.41) is 7.33. The van der Waals surface area contributed by atoms with E-state index in [1.165, 1.54) is 0 Å². The molecule has 1 rings (SSSR count). The molecule has 0 radical (unpaired) electrons. The molecule has 0 unspecified atom stereocenters. The molecular formula is C15H25N3O2. The average molecular weight is 279 g/mol. The van der Waals surface area contributed by atoms with E-state index in [1.807, 2.05) is 12.1 Å². The predicted molar refractivity (Wildman–Crippen MR) is 81.5 cm³/mol. The number of hydrogen-bond donors (Lipinski definition) is 2. The van der Waals surface area contributed by atoms with Gasteiger partial charge in [0.15, 0.2) is 0 Å². The summed E-state index contributed by atoms with van der Waals surface area (Å²) >= 11 is 0. The second-order valence-electron chi connectivity index (χ2n) is 4.91. The second-order valence-corrected chi connectivity index (χ2v) is 4.91. The Morgan fingerprint density at radius 1 is 1.20 bits per heavy atom. The molecule has 5 nitrogen and oxygen atoms in total. The van der Waals surface area contributed by atoms with E-state index in [1.54, 1.807) is 19.2 Å². The zero-order valence-electron chi connectivity index (χ0n) is 12.6. The standard InChI is InChI=1S/C15H25N3O2/c1-12(2)18(8-10-19-3)9-11-20-14-6-4-13(5-7-14)15(16)17/h4-7,12H,8-11H2,1-3H3,(H3,16,17). The lowest BCUT2D eigenvalue weighted by Crippen LogP contribution is -2.37. The van der Waals surface area contributed by atoms with Crippen LogP contribution in [0.4, 0.5) is 0 Å². The van der Waals surface area contributed by atoms with Crippen LogP contribution in [0.1, 0.15) is 19.4 Å². The van der Waals surface area contributed by atoms with E-state index in [-0.39, 0.29) is 5.84 Å². The van der Waals surface area contributed by atoms with Gasteiger partial charge in [-0.25, -0.2) is 0 Å². The van der Waals surface area contributed by atoms with Crippen molar-refractivity contribution >= 4 is 5.84 Å². The number of ether oxygens (including phenoxy) is 2. The van der Waals surface area contributed by atoms with Gasteiger partial charge in [-0.15, -0.1) is 0 Å². The van der Waals surface area contributed by atoms with Crippen molar-refractivity contribution in [3.63, 3.8) is 0 Å². The molecular weight excluding hydrogens is 254 g/mol. The van der Waals surface area contributed by atoms with Crippen molar-refractivity contribution in [2.45, 2.75) is 19.9 Å². The highest BCUT2D eigenvalue weighted by Crippen LogP contribution is 2.12. The van der Waals surface area contributed by atoms with Crippen LogP contribution >= 0.6 is 0 Å². The normalized spacial score (nSPS) is 11.1. The molecule has 0 saturated carbocycles. The molecule has 0 atom stereocenters. The van der Waals surface area contributed by atoms with Crippen LogP contribution in [0.5, 0.6) is 5.75 Å². The maximum Gasteiger partial charge on any atom is 0.122 e. The van der Waals surface area contributed by atoms with Crippen LogP contribution in [0, 0.1) is 5.41 Å². The number of rotatable bonds is 9. The van der Waals surface area contributed by atoms with Gasteiger partial charge in [-0.2, -0.15) is 0 Å². The largest absolute Gasteiger partial charge is 0.492 e. The molecule has 0 aliphatic heterocycles. The molecule has 0 fully saturated rings. The number of nitrogens with zero attached hydrogens (tertiary/aromatic N) is 1. The number of methoxy groups -OCH3 is 1. The average Bonchev–Trinajstić information content (AvgIpc) is 2.42. The number of nitrogens with two attached hydrogens (primary N) is 1. The van der Waals surface area contributed by atoms with E-state index < -0.39 is 0 Å². The first kappa shape index (κ1) is 16.5. The van der Waals surface area contributed by atoms with Gasteiger partial charge < -0.3 is 15.2 Å². The molecule has 0 spiro atoms. The van der Waals surface area contributed by atoms with Crippen molar-refractivity contribution in [2.75, 3.05) is 33.4 Å². The molecule has 1 aromatic carbocycles. The molecule has 20 heavy (non-hydrogen) atoms. The van der Waals surface area contributed by atoms with E-state index in [0.717, 1.165) is 25.4 Å². The van der Waals surface area contributed by atoms with Crippen molar-refractivity contribution in [1.82, 2.24) is 4.90 Å². The van der Waals surface area contributed by atoms with Crippen molar-refractivity contribution < 1.29 is 9.47 Å². The molecule has 112 valence electrons. The molecule has 0 amide bonds. The number of benzene rings is 1. The fourth-order valence-electron chi connectivity index (χ4n) is 1.85. The maximum absolute atomic E-state index is 7.33. The highest BCUT2D eigenvalue weighted by atomic mass is 16.5. The lowest BCUT2D eigenvalue weighted by atomic mass is 10.2. The van der Waals surface area contributed by atoms with Crippen molar-refractivity contribution in [3.8, 4) is 5.75 Å². The molecule has 0 aliphatic rings. The minimum Gasteiger partial charge on any atom is -0.492 e. The molecule has 5 heteroatoms. The maximum atomic E-state index is 7.33. The van der Waals surface area contributed by atoms with Gasteiger partial charge in [-0.05, 0) is 38.1 Å². The van der Waals surface area contributed by atoms with Gasteiger partial charge >= 0.3 is 0 Å². The zero-order chi connectivity index (χ0) is 15.0. The predicted octanol–water partition coefficient (Wildman–Crippen LogP) is 1.71. The molecule has 0 bridgehead atoms. The second kappa shape index (κ2) is 8.55. The third kappa shape index (κ3) is 5.59. The molecule has 0 heterocycles. The minimum absolute atomic E-state index is 0.0714. The Kier molecular flexibility index (Phi) is 7.04. The van der Waals surface area contributed by atoms with E-state index in [9.17, 15) is 0 Å². The van der Waals surface area contributed by atoms with Gasteiger partial charge in [0.1, 0.15) is 18.2 Å². The van der Waals surface area contributed by atoms with Crippen LogP contribution < -0.4 is 10.5 Å². The van der Waals surface area contributed by atoms with Crippen LogP contribution in [-0.2, 0) is 4.74 Å². The summed E-state index contributed by atoms with van der Waals surface area (Å²) in [6.45, 7) is 7.44. The summed E-state index contributed by atoms with van der Waals surface area (Å²) in [6, 6.07) is 7.73. The Morgan fingerprint density at radius 3 is 2.30 bits per heavy atom. The van der Waals surface area contributed by atoms with E-state index >= 15 is 0 Å². The Labute approximate surface area is 121 Å². The molecule has 0 saturated heterocycles. The molecule has 0 aromatic heterocycles. The van der Waals surface area contributed by atoms with Gasteiger partial charge in [0.2, 0.25) is 0 Å². The van der Waals surface area contributed by atoms with Gasteiger partial charge in [-0.1, -0.05) is 0 Å². The van der Waals surface area contributed by atoms with Gasteiger partial charge in [0.25, 0.3) is 0 Å². The lowest BCUT2D eigenvalue weighted by molar-refractivity contribution is 0.116. The summed E-state index contributed by atoms with van der Waals surface area (Å²) in [6.07, 6.45) is 0. The van der Waals surface area contributed by atoms with Crippen LogP contribution in [0.15, 0.2) is 24.3 Å². The summed E-state index contributed by atoms with van der Waals surface area (Å²) in [4.78, 5) is 2.31. The third-order valence-electron chi connectivity index (χ3n) is 3.13. The van der Waals surface area contributed by atoms with E-state index in [4.69, 9.17) is 20.6 Å². The monoisotopic (exact) mass is 279 g/mol. The highest BCUT2D eigenvalue weighted by molar-refractivity contribution is 5.94. The van der Waals surface area contributed by atoms with Gasteiger partial charge in [-0.3, -0.25) is 10.3 Å². The first-order chi connectivity index (χ1) is 9.54. The summed E-state index contributed by atoms with van der Waals surface area (Å²) < 4.78 is 10.8. The summed E-state index contributed by atoms with van der Waals surface area (Å²) in [5.41, 5.74) is 6.12. The van der Waals surface area contributed by atoms with Crippen LogP contribution in [0.3, 0.4) is 0 Å². The number of nitrogen functional groups attached to an aromatic ring is 1. The quantitative estimate of drug-likeness (QED) is 0.533. The number of amidine groups is 1. The summed E-state index contributed by atoms with van der Waals surface area (Å²) in [7, 11) is 1.71. The Morgan fingerprint density at radius 2 is 1.80 bits per heavy atom. The van der Waals surface area contributed by atoms with E-state index in [0.29, 0.717) is 18.2 Å². The molecule has 3 N–H and O–H groups in total. The molecule has 0 aliphatic carbocycles. The highest BCUT2D eigenvalue weighted by Gasteiger charge is 2.08. The fraction of sp³-hybridized carbons (Fsp3) is 0.533. The zero-order valence-corrected chi connectivity index (χ0v) is 12.6. The SMILES string of the molecule is COCCN(CCOc1ccc(C(=N)N)cc1)C(C)C. The van der Waals surface area contributed by atoms with Crippen molar-refractivity contribution in [3.05, 3.63) is 29.8 Å². The third-order valence-corrected chi connectivity index (χ3v) is 3.13. The van der Waals surface area contributed by atoms with Gasteiger partial charge in [0.05, 0.1) is 6.61 Å².